The summed E-state index contributed by atoms with van der Waals surface area (Å²) in [7, 11) is 3.11. The first-order chi connectivity index (χ1) is 12.9. The molecule has 142 valence electrons. The fourth-order valence-electron chi connectivity index (χ4n) is 3.65. The van der Waals surface area contributed by atoms with E-state index in [1.807, 2.05) is 0 Å². The van der Waals surface area contributed by atoms with Gasteiger partial charge in [0.1, 0.15) is 0 Å². The number of H-pyrrole nitrogens is 1. The Morgan fingerprint density at radius 2 is 1.81 bits per heavy atom. The Morgan fingerprint density at radius 3 is 2.52 bits per heavy atom. The summed E-state index contributed by atoms with van der Waals surface area (Å²) < 4.78 is 2.51. The Labute approximate surface area is 156 Å². The number of fused-ring (bicyclic) bond motifs is 1. The lowest BCUT2D eigenvalue weighted by molar-refractivity contribution is 0.249. The summed E-state index contributed by atoms with van der Waals surface area (Å²) in [6.07, 6.45) is 0. The average Bonchev–Trinajstić information content (AvgIpc) is 3.11. The second kappa shape index (κ2) is 6.70. The smallest absolute Gasteiger partial charge is 0.332 e. The van der Waals surface area contributed by atoms with Gasteiger partial charge in [0, 0.05) is 46.8 Å². The Morgan fingerprint density at radius 1 is 1.07 bits per heavy atom. The zero-order valence-electron chi connectivity index (χ0n) is 15.9. The Bertz CT molecular complexity index is 1100. The monoisotopic (exact) mass is 368 g/mol. The van der Waals surface area contributed by atoms with Crippen LogP contribution in [0, 0.1) is 6.92 Å². The van der Waals surface area contributed by atoms with Gasteiger partial charge in [-0.15, -0.1) is 0 Å². The van der Waals surface area contributed by atoms with Gasteiger partial charge in [-0.25, -0.2) is 4.79 Å². The molecule has 1 aliphatic rings. The zero-order valence-corrected chi connectivity index (χ0v) is 15.9. The SMILES string of the molecule is Cc1cccc(CN2CCN(c3nc4c([nH]3)c(=O)n(C)c(=O)n4C)CC2)c1. The van der Waals surface area contributed by atoms with Crippen LogP contribution in [-0.2, 0) is 20.6 Å². The van der Waals surface area contributed by atoms with Crippen molar-refractivity contribution in [1.82, 2.24) is 24.0 Å². The van der Waals surface area contributed by atoms with Crippen LogP contribution in [-0.4, -0.2) is 50.2 Å². The molecule has 0 unspecified atom stereocenters. The summed E-state index contributed by atoms with van der Waals surface area (Å²) in [5.74, 6) is 0.651. The predicted molar refractivity (Wildman–Crippen MR) is 105 cm³/mol. The van der Waals surface area contributed by atoms with Gasteiger partial charge >= 0.3 is 5.69 Å². The number of piperazine rings is 1. The molecule has 4 rings (SSSR count). The maximum atomic E-state index is 12.3. The van der Waals surface area contributed by atoms with Crippen molar-refractivity contribution >= 4 is 17.1 Å². The number of hydrogen-bond acceptors (Lipinski definition) is 5. The number of anilines is 1. The highest BCUT2D eigenvalue weighted by molar-refractivity contribution is 5.73. The average molecular weight is 368 g/mol. The molecule has 3 heterocycles. The molecule has 27 heavy (non-hydrogen) atoms. The van der Waals surface area contributed by atoms with E-state index >= 15 is 0 Å². The van der Waals surface area contributed by atoms with Crippen LogP contribution < -0.4 is 16.1 Å². The van der Waals surface area contributed by atoms with Gasteiger partial charge in [0.25, 0.3) is 5.56 Å². The minimum atomic E-state index is -0.367. The number of nitrogens with one attached hydrogen (secondary N) is 1. The van der Waals surface area contributed by atoms with Crippen molar-refractivity contribution in [2.75, 3.05) is 31.1 Å². The van der Waals surface area contributed by atoms with E-state index in [0.29, 0.717) is 17.1 Å². The molecule has 8 heteroatoms. The first kappa shape index (κ1) is 17.5. The van der Waals surface area contributed by atoms with Crippen molar-refractivity contribution in [3.05, 3.63) is 56.2 Å². The molecule has 3 aromatic rings. The summed E-state index contributed by atoms with van der Waals surface area (Å²) in [6, 6.07) is 8.59. The van der Waals surface area contributed by atoms with Gasteiger partial charge in [0.15, 0.2) is 11.2 Å². The number of aryl methyl sites for hydroxylation is 2. The summed E-state index contributed by atoms with van der Waals surface area (Å²) in [5, 5.41) is 0. The lowest BCUT2D eigenvalue weighted by Crippen LogP contribution is -2.46. The van der Waals surface area contributed by atoms with Gasteiger partial charge in [-0.2, -0.15) is 4.98 Å². The van der Waals surface area contributed by atoms with Crippen LogP contribution in [0.5, 0.6) is 0 Å². The van der Waals surface area contributed by atoms with Crippen molar-refractivity contribution in [3.63, 3.8) is 0 Å². The maximum Gasteiger partial charge on any atom is 0.332 e. The first-order valence-corrected chi connectivity index (χ1v) is 9.12. The maximum absolute atomic E-state index is 12.3. The number of aromatic nitrogens is 4. The van der Waals surface area contributed by atoms with Crippen LogP contribution in [0.1, 0.15) is 11.1 Å². The molecule has 0 bridgehead atoms. The number of aromatic amines is 1. The molecule has 0 aliphatic carbocycles. The van der Waals surface area contributed by atoms with Crippen molar-refractivity contribution in [2.45, 2.75) is 13.5 Å². The highest BCUT2D eigenvalue weighted by Gasteiger charge is 2.21. The Kier molecular flexibility index (Phi) is 4.35. The number of nitrogens with zero attached hydrogens (tertiary/aromatic N) is 5. The molecule has 2 aromatic heterocycles. The first-order valence-electron chi connectivity index (χ1n) is 9.12. The summed E-state index contributed by atoms with van der Waals surface area (Å²) in [6.45, 7) is 6.52. The van der Waals surface area contributed by atoms with Crippen LogP contribution in [0.25, 0.3) is 11.2 Å². The van der Waals surface area contributed by atoms with Crippen LogP contribution in [0.15, 0.2) is 33.9 Å². The molecule has 0 atom stereocenters. The van der Waals surface area contributed by atoms with E-state index in [2.05, 4.69) is 51.0 Å². The highest BCUT2D eigenvalue weighted by Crippen LogP contribution is 2.17. The molecule has 0 radical (unpaired) electrons. The van der Waals surface area contributed by atoms with E-state index < -0.39 is 0 Å². The molecule has 1 saturated heterocycles. The van der Waals surface area contributed by atoms with E-state index in [-0.39, 0.29) is 11.2 Å². The molecule has 1 N–H and O–H groups in total. The van der Waals surface area contributed by atoms with E-state index in [9.17, 15) is 9.59 Å². The lowest BCUT2D eigenvalue weighted by Gasteiger charge is -2.34. The van der Waals surface area contributed by atoms with Gasteiger partial charge in [0.05, 0.1) is 0 Å². The fraction of sp³-hybridized carbons (Fsp3) is 0.421. The minimum Gasteiger partial charge on any atom is -0.340 e. The molecule has 8 nitrogen and oxygen atoms in total. The van der Waals surface area contributed by atoms with E-state index in [4.69, 9.17) is 0 Å². The van der Waals surface area contributed by atoms with Crippen LogP contribution in [0.2, 0.25) is 0 Å². The molecule has 0 spiro atoms. The van der Waals surface area contributed by atoms with Crippen molar-refractivity contribution < 1.29 is 0 Å². The highest BCUT2D eigenvalue weighted by atomic mass is 16.2. The number of rotatable bonds is 3. The van der Waals surface area contributed by atoms with E-state index in [1.165, 1.54) is 22.7 Å². The third kappa shape index (κ3) is 3.16. The van der Waals surface area contributed by atoms with Crippen molar-refractivity contribution in [3.8, 4) is 0 Å². The molecular formula is C19H24N6O2. The predicted octanol–water partition coefficient (Wildman–Crippen LogP) is 0.591. The lowest BCUT2D eigenvalue weighted by atomic mass is 10.1. The zero-order chi connectivity index (χ0) is 19.1. The van der Waals surface area contributed by atoms with Gasteiger partial charge in [-0.1, -0.05) is 29.8 Å². The number of benzene rings is 1. The van der Waals surface area contributed by atoms with Gasteiger partial charge in [0.2, 0.25) is 5.95 Å². The molecule has 1 aromatic carbocycles. The second-order valence-corrected chi connectivity index (χ2v) is 7.22. The van der Waals surface area contributed by atoms with E-state index in [0.717, 1.165) is 37.3 Å². The van der Waals surface area contributed by atoms with Crippen LogP contribution in [0.3, 0.4) is 0 Å². The standard InChI is InChI=1S/C19H24N6O2/c1-13-5-4-6-14(11-13)12-24-7-9-25(10-8-24)18-20-15-16(21-18)22(2)19(27)23(3)17(15)26/h4-6,11H,7-10,12H2,1-3H3,(H,20,21). The Balaban J connectivity index is 1.51. The van der Waals surface area contributed by atoms with Crippen LogP contribution >= 0.6 is 0 Å². The topological polar surface area (TPSA) is 79.2 Å². The van der Waals surface area contributed by atoms with Gasteiger partial charge in [-0.05, 0) is 12.5 Å². The number of imidazole rings is 1. The normalized spacial score (nSPS) is 15.6. The van der Waals surface area contributed by atoms with Gasteiger partial charge in [-0.3, -0.25) is 18.8 Å². The van der Waals surface area contributed by atoms with Crippen LogP contribution in [0.4, 0.5) is 5.95 Å². The Hall–Kier alpha value is -2.87. The third-order valence-electron chi connectivity index (χ3n) is 5.24. The molecule has 1 aliphatic heterocycles. The van der Waals surface area contributed by atoms with Crippen molar-refractivity contribution in [2.24, 2.45) is 14.1 Å². The van der Waals surface area contributed by atoms with E-state index in [1.54, 1.807) is 7.05 Å². The van der Waals surface area contributed by atoms with Crippen molar-refractivity contribution in [1.29, 1.82) is 0 Å². The summed E-state index contributed by atoms with van der Waals surface area (Å²) in [5.41, 5.74) is 2.67. The fourth-order valence-corrected chi connectivity index (χ4v) is 3.65. The molecular weight excluding hydrogens is 344 g/mol. The minimum absolute atomic E-state index is 0.343. The number of hydrogen-bond donors (Lipinski definition) is 1. The summed E-state index contributed by atoms with van der Waals surface area (Å²) >= 11 is 0. The largest absolute Gasteiger partial charge is 0.340 e. The quantitative estimate of drug-likeness (QED) is 0.732. The van der Waals surface area contributed by atoms with Gasteiger partial charge < -0.3 is 9.88 Å². The molecule has 1 fully saturated rings. The molecule has 0 saturated carbocycles. The molecule has 0 amide bonds. The summed E-state index contributed by atoms with van der Waals surface area (Å²) in [4.78, 5) is 36.6. The third-order valence-corrected chi connectivity index (χ3v) is 5.24. The second-order valence-electron chi connectivity index (χ2n) is 7.22.